The van der Waals surface area contributed by atoms with Crippen LogP contribution in [-0.4, -0.2) is 0 Å². The third kappa shape index (κ3) is 6.74. The van der Waals surface area contributed by atoms with Gasteiger partial charge < -0.3 is 0 Å². The van der Waals surface area contributed by atoms with E-state index in [1.54, 1.807) is 0 Å². The van der Waals surface area contributed by atoms with Gasteiger partial charge in [-0.15, -0.1) is 0 Å². The van der Waals surface area contributed by atoms with Gasteiger partial charge in [0.15, 0.2) is 0 Å². The van der Waals surface area contributed by atoms with Crippen LogP contribution in [0.4, 0.5) is 0 Å². The first-order chi connectivity index (χ1) is 5.00. The topological polar surface area (TPSA) is 0 Å². The molecule has 0 N–H and O–H groups in total. The monoisotopic (exact) mass is 174 g/mol. The summed E-state index contributed by atoms with van der Waals surface area (Å²) in [6, 6.07) is 0. The van der Waals surface area contributed by atoms with Gasteiger partial charge in [0.1, 0.15) is 0 Å². The van der Waals surface area contributed by atoms with Crippen molar-refractivity contribution in [2.45, 2.75) is 64.2 Å². The second-order valence-corrected chi connectivity index (χ2v) is 3.54. The fourth-order valence-corrected chi connectivity index (χ4v) is 1.77. The molecule has 0 bridgehead atoms. The molecule has 0 amide bonds. The third-order valence-corrected chi connectivity index (χ3v) is 2.50. The van der Waals surface area contributed by atoms with Gasteiger partial charge >= 0.3 is 0 Å². The second kappa shape index (κ2) is 8.45. The van der Waals surface area contributed by atoms with E-state index >= 15 is 0 Å². The molecular formula is C10H22S. The molecule has 2 aliphatic carbocycles. The van der Waals surface area contributed by atoms with Gasteiger partial charge in [-0.3, -0.25) is 0 Å². The van der Waals surface area contributed by atoms with Gasteiger partial charge in [-0.2, -0.15) is 13.5 Å². The van der Waals surface area contributed by atoms with Crippen LogP contribution in [0.25, 0.3) is 0 Å². The molecule has 2 rings (SSSR count). The number of hydrogen-bond acceptors (Lipinski definition) is 0. The molecule has 2 aliphatic rings. The zero-order valence-electron chi connectivity index (χ0n) is 7.57. The fourth-order valence-electron chi connectivity index (χ4n) is 1.77. The molecule has 0 radical (unpaired) electrons. The molecular weight excluding hydrogens is 152 g/mol. The fraction of sp³-hybridized carbons (Fsp3) is 1.00. The lowest BCUT2D eigenvalue weighted by Crippen LogP contribution is -1.47. The maximum Gasteiger partial charge on any atom is -0.0533 e. The zero-order chi connectivity index (χ0) is 7.07. The first-order valence-corrected chi connectivity index (χ1v) is 5.00. The summed E-state index contributed by atoms with van der Waals surface area (Å²) in [6.07, 6.45) is 15.0. The Morgan fingerprint density at radius 3 is 0.455 bits per heavy atom. The SMILES string of the molecule is C1CCCC1.C1CCCC1.S. The Morgan fingerprint density at radius 1 is 0.273 bits per heavy atom. The summed E-state index contributed by atoms with van der Waals surface area (Å²) in [6.45, 7) is 0. The van der Waals surface area contributed by atoms with Crippen LogP contribution in [0, 0.1) is 0 Å². The first kappa shape index (κ1) is 11.4. The van der Waals surface area contributed by atoms with Crippen LogP contribution in [0.2, 0.25) is 0 Å². The molecule has 0 aromatic carbocycles. The summed E-state index contributed by atoms with van der Waals surface area (Å²) < 4.78 is 0. The lowest BCUT2D eigenvalue weighted by atomic mass is 10.4. The summed E-state index contributed by atoms with van der Waals surface area (Å²) in [5.41, 5.74) is 0. The van der Waals surface area contributed by atoms with Crippen LogP contribution in [0.1, 0.15) is 64.2 Å². The predicted octanol–water partition coefficient (Wildman–Crippen LogP) is 4.01. The van der Waals surface area contributed by atoms with Crippen LogP contribution >= 0.6 is 13.5 Å². The van der Waals surface area contributed by atoms with Gasteiger partial charge in [0, 0.05) is 0 Å². The molecule has 0 atom stereocenters. The van der Waals surface area contributed by atoms with Crippen molar-refractivity contribution in [2.24, 2.45) is 0 Å². The van der Waals surface area contributed by atoms with Crippen LogP contribution < -0.4 is 0 Å². The molecule has 2 fully saturated rings. The summed E-state index contributed by atoms with van der Waals surface area (Å²) in [4.78, 5) is 0. The summed E-state index contributed by atoms with van der Waals surface area (Å²) in [5.74, 6) is 0. The lowest BCUT2D eigenvalue weighted by molar-refractivity contribution is 0.886. The normalized spacial score (nSPS) is 21.8. The molecule has 0 aromatic rings. The smallest absolute Gasteiger partial charge is 0.0533 e. The van der Waals surface area contributed by atoms with E-state index in [9.17, 15) is 0 Å². The second-order valence-electron chi connectivity index (χ2n) is 3.54. The maximum atomic E-state index is 1.50. The first-order valence-electron chi connectivity index (χ1n) is 5.00. The molecule has 1 heteroatoms. The van der Waals surface area contributed by atoms with Crippen molar-refractivity contribution in [1.82, 2.24) is 0 Å². The Balaban J connectivity index is 0.000000167. The minimum Gasteiger partial charge on any atom is -0.197 e. The van der Waals surface area contributed by atoms with E-state index in [4.69, 9.17) is 0 Å². The Bertz CT molecular complexity index is 38.1. The minimum atomic E-state index is 0. The van der Waals surface area contributed by atoms with Gasteiger partial charge in [-0.25, -0.2) is 0 Å². The Labute approximate surface area is 78.2 Å². The Hall–Kier alpha value is 0.350. The average molecular weight is 174 g/mol. The average Bonchev–Trinajstić information content (AvgIpc) is 2.67. The van der Waals surface area contributed by atoms with Gasteiger partial charge in [0.25, 0.3) is 0 Å². The van der Waals surface area contributed by atoms with Crippen molar-refractivity contribution in [3.8, 4) is 0 Å². The minimum absolute atomic E-state index is 0. The van der Waals surface area contributed by atoms with Crippen molar-refractivity contribution in [3.05, 3.63) is 0 Å². The highest BCUT2D eigenvalue weighted by Crippen LogP contribution is 2.15. The van der Waals surface area contributed by atoms with E-state index in [-0.39, 0.29) is 13.5 Å². The third-order valence-electron chi connectivity index (χ3n) is 2.50. The molecule has 11 heavy (non-hydrogen) atoms. The van der Waals surface area contributed by atoms with E-state index in [0.717, 1.165) is 0 Å². The number of rotatable bonds is 0. The molecule has 2 saturated carbocycles. The van der Waals surface area contributed by atoms with E-state index in [1.165, 1.54) is 64.2 Å². The van der Waals surface area contributed by atoms with Crippen molar-refractivity contribution >= 4 is 13.5 Å². The maximum absolute atomic E-state index is 1.50. The van der Waals surface area contributed by atoms with Crippen LogP contribution in [-0.2, 0) is 0 Å². The molecule has 0 aromatic heterocycles. The predicted molar refractivity (Wildman–Crippen MR) is 56.6 cm³/mol. The standard InChI is InChI=1S/2C5H10.H2S/c2*1-2-4-5-3-1;/h2*1-5H2;1H2. The van der Waals surface area contributed by atoms with Crippen molar-refractivity contribution in [3.63, 3.8) is 0 Å². The highest BCUT2D eigenvalue weighted by Gasteiger charge is 1.95. The molecule has 0 saturated heterocycles. The van der Waals surface area contributed by atoms with E-state index in [1.807, 2.05) is 0 Å². The molecule has 0 unspecified atom stereocenters. The summed E-state index contributed by atoms with van der Waals surface area (Å²) in [5, 5.41) is 0. The van der Waals surface area contributed by atoms with Crippen molar-refractivity contribution < 1.29 is 0 Å². The zero-order valence-corrected chi connectivity index (χ0v) is 8.57. The molecule has 0 spiro atoms. The van der Waals surface area contributed by atoms with Gasteiger partial charge in [-0.1, -0.05) is 64.2 Å². The van der Waals surface area contributed by atoms with Crippen molar-refractivity contribution in [2.75, 3.05) is 0 Å². The lowest BCUT2D eigenvalue weighted by Gasteiger charge is -1.67. The summed E-state index contributed by atoms with van der Waals surface area (Å²) in [7, 11) is 0. The molecule has 0 aliphatic heterocycles. The van der Waals surface area contributed by atoms with Gasteiger partial charge in [0.2, 0.25) is 0 Å². The number of hydrogen-bond donors (Lipinski definition) is 0. The van der Waals surface area contributed by atoms with Gasteiger partial charge in [0.05, 0.1) is 0 Å². The molecule has 68 valence electrons. The van der Waals surface area contributed by atoms with E-state index < -0.39 is 0 Å². The van der Waals surface area contributed by atoms with Crippen molar-refractivity contribution in [1.29, 1.82) is 0 Å². The van der Waals surface area contributed by atoms with Crippen LogP contribution in [0.15, 0.2) is 0 Å². The quantitative estimate of drug-likeness (QED) is 0.520. The Morgan fingerprint density at radius 2 is 0.364 bits per heavy atom. The molecule has 0 heterocycles. The van der Waals surface area contributed by atoms with E-state index in [2.05, 4.69) is 0 Å². The largest absolute Gasteiger partial charge is 0.197 e. The van der Waals surface area contributed by atoms with Crippen LogP contribution in [0.5, 0.6) is 0 Å². The van der Waals surface area contributed by atoms with E-state index in [0.29, 0.717) is 0 Å². The molecule has 0 nitrogen and oxygen atoms in total. The van der Waals surface area contributed by atoms with Gasteiger partial charge in [-0.05, 0) is 0 Å². The van der Waals surface area contributed by atoms with Crippen LogP contribution in [0.3, 0.4) is 0 Å². The highest BCUT2D eigenvalue weighted by molar-refractivity contribution is 7.59. The summed E-state index contributed by atoms with van der Waals surface area (Å²) >= 11 is 0. The Kier molecular flexibility index (Phi) is 8.72. The highest BCUT2D eigenvalue weighted by atomic mass is 32.1.